The lowest BCUT2D eigenvalue weighted by Crippen LogP contribution is -1.97. The summed E-state index contributed by atoms with van der Waals surface area (Å²) in [5, 5.41) is 12.7. The van der Waals surface area contributed by atoms with Gasteiger partial charge in [-0.2, -0.15) is 4.98 Å². The van der Waals surface area contributed by atoms with Gasteiger partial charge in [-0.1, -0.05) is 5.16 Å². The Bertz CT molecular complexity index is 546. The zero-order valence-electron chi connectivity index (χ0n) is 8.89. The fraction of sp³-hybridized carbons (Fsp3) is 0.182. The van der Waals surface area contributed by atoms with E-state index in [1.54, 1.807) is 13.0 Å². The lowest BCUT2D eigenvalue weighted by atomic mass is 10.1. The highest BCUT2D eigenvalue weighted by Gasteiger charge is 2.10. The molecule has 0 atom stereocenters. The monoisotopic (exact) mass is 218 g/mol. The first-order valence-electron chi connectivity index (χ1n) is 4.72. The van der Waals surface area contributed by atoms with Crippen molar-refractivity contribution in [1.29, 1.82) is 0 Å². The summed E-state index contributed by atoms with van der Waals surface area (Å²) in [6.07, 6.45) is 0. The van der Waals surface area contributed by atoms with Gasteiger partial charge in [0.25, 0.3) is 0 Å². The van der Waals surface area contributed by atoms with Gasteiger partial charge in [-0.25, -0.2) is 4.79 Å². The molecule has 0 saturated heterocycles. The van der Waals surface area contributed by atoms with E-state index >= 15 is 0 Å². The quantitative estimate of drug-likeness (QED) is 0.834. The second kappa shape index (κ2) is 3.77. The number of rotatable bonds is 2. The Morgan fingerprint density at radius 1 is 1.31 bits per heavy atom. The minimum absolute atomic E-state index is 0.220. The minimum atomic E-state index is -0.967. The van der Waals surface area contributed by atoms with Gasteiger partial charge in [0.05, 0.1) is 5.56 Å². The lowest BCUT2D eigenvalue weighted by molar-refractivity contribution is 0.0697. The maximum absolute atomic E-state index is 10.9. The number of carbonyl (C=O) groups is 1. The normalized spacial score (nSPS) is 10.4. The van der Waals surface area contributed by atoms with Gasteiger partial charge in [-0.3, -0.25) is 0 Å². The fourth-order valence-corrected chi connectivity index (χ4v) is 1.45. The van der Waals surface area contributed by atoms with Gasteiger partial charge in [-0.15, -0.1) is 0 Å². The second-order valence-corrected chi connectivity index (χ2v) is 3.53. The summed E-state index contributed by atoms with van der Waals surface area (Å²) in [6, 6.07) is 4.94. The van der Waals surface area contributed by atoms with Crippen LogP contribution in [0.25, 0.3) is 11.4 Å². The molecule has 2 aromatic rings. The average Bonchev–Trinajstić information content (AvgIpc) is 2.64. The van der Waals surface area contributed by atoms with Crippen molar-refractivity contribution >= 4 is 5.97 Å². The van der Waals surface area contributed by atoms with Crippen molar-refractivity contribution in [2.75, 3.05) is 0 Å². The number of aromatic nitrogens is 2. The van der Waals surface area contributed by atoms with E-state index in [-0.39, 0.29) is 5.56 Å². The van der Waals surface area contributed by atoms with Crippen LogP contribution in [0.5, 0.6) is 0 Å². The molecule has 1 aromatic heterocycles. The van der Waals surface area contributed by atoms with Crippen LogP contribution in [0.1, 0.15) is 21.8 Å². The lowest BCUT2D eigenvalue weighted by Gasteiger charge is -2.00. The van der Waals surface area contributed by atoms with Crippen LogP contribution < -0.4 is 0 Å². The molecule has 0 saturated carbocycles. The average molecular weight is 218 g/mol. The van der Waals surface area contributed by atoms with E-state index in [1.807, 2.05) is 13.0 Å². The summed E-state index contributed by atoms with van der Waals surface area (Å²) in [5.41, 5.74) is 1.71. The molecule has 16 heavy (non-hydrogen) atoms. The van der Waals surface area contributed by atoms with Crippen LogP contribution >= 0.6 is 0 Å². The molecule has 1 heterocycles. The predicted molar refractivity (Wildman–Crippen MR) is 56.2 cm³/mol. The summed E-state index contributed by atoms with van der Waals surface area (Å²) in [7, 11) is 0. The summed E-state index contributed by atoms with van der Waals surface area (Å²) in [5.74, 6) is -0.109. The van der Waals surface area contributed by atoms with Crippen molar-refractivity contribution in [1.82, 2.24) is 10.1 Å². The number of hydrogen-bond acceptors (Lipinski definition) is 4. The molecule has 0 aliphatic carbocycles. The van der Waals surface area contributed by atoms with Crippen LogP contribution in [0.15, 0.2) is 22.7 Å². The number of carboxylic acid groups (broad SMARTS) is 1. The number of benzene rings is 1. The topological polar surface area (TPSA) is 76.2 Å². The van der Waals surface area contributed by atoms with E-state index in [0.29, 0.717) is 17.3 Å². The smallest absolute Gasteiger partial charge is 0.335 e. The highest BCUT2D eigenvalue weighted by Crippen LogP contribution is 2.19. The molecular weight excluding hydrogens is 208 g/mol. The molecule has 2 rings (SSSR count). The van der Waals surface area contributed by atoms with Crippen molar-refractivity contribution in [3.05, 3.63) is 35.2 Å². The Balaban J connectivity index is 2.53. The van der Waals surface area contributed by atoms with E-state index < -0.39 is 5.97 Å². The van der Waals surface area contributed by atoms with E-state index in [1.165, 1.54) is 6.07 Å². The molecule has 1 N–H and O–H groups in total. The first-order valence-corrected chi connectivity index (χ1v) is 4.72. The number of aryl methyl sites for hydroxylation is 2. The molecule has 0 aliphatic heterocycles. The highest BCUT2D eigenvalue weighted by molar-refractivity contribution is 5.89. The number of hydrogen-bond donors (Lipinski definition) is 1. The van der Waals surface area contributed by atoms with Crippen LogP contribution in [0.4, 0.5) is 0 Å². The van der Waals surface area contributed by atoms with Gasteiger partial charge >= 0.3 is 5.97 Å². The third-order valence-corrected chi connectivity index (χ3v) is 2.11. The number of nitrogens with zero attached hydrogens (tertiary/aromatic N) is 2. The van der Waals surface area contributed by atoms with Crippen molar-refractivity contribution in [2.45, 2.75) is 13.8 Å². The summed E-state index contributed by atoms with van der Waals surface area (Å²) >= 11 is 0. The Labute approximate surface area is 91.7 Å². The first kappa shape index (κ1) is 10.4. The third-order valence-electron chi connectivity index (χ3n) is 2.11. The van der Waals surface area contributed by atoms with Gasteiger partial charge < -0.3 is 9.63 Å². The Morgan fingerprint density at radius 2 is 2.06 bits per heavy atom. The van der Waals surface area contributed by atoms with Crippen molar-refractivity contribution in [2.24, 2.45) is 0 Å². The maximum atomic E-state index is 10.9. The second-order valence-electron chi connectivity index (χ2n) is 3.53. The standard InChI is InChI=1S/C11H10N2O3/c1-6-3-8(5-9(4-6)11(14)15)10-12-7(2)16-13-10/h3-5H,1-2H3,(H,14,15). The van der Waals surface area contributed by atoms with Crippen LogP contribution in [0, 0.1) is 13.8 Å². The molecule has 82 valence electrons. The summed E-state index contributed by atoms with van der Waals surface area (Å²) < 4.78 is 4.85. The molecule has 1 aromatic carbocycles. The zero-order chi connectivity index (χ0) is 11.7. The van der Waals surface area contributed by atoms with Crippen molar-refractivity contribution < 1.29 is 14.4 Å². The number of aromatic carboxylic acids is 1. The molecule has 5 nitrogen and oxygen atoms in total. The molecule has 0 fully saturated rings. The minimum Gasteiger partial charge on any atom is -0.478 e. The molecule has 0 aliphatic rings. The van der Waals surface area contributed by atoms with Gasteiger partial charge in [0.15, 0.2) is 0 Å². The largest absolute Gasteiger partial charge is 0.478 e. The van der Waals surface area contributed by atoms with E-state index in [9.17, 15) is 4.79 Å². The van der Waals surface area contributed by atoms with Gasteiger partial charge in [0.1, 0.15) is 0 Å². The van der Waals surface area contributed by atoms with Crippen molar-refractivity contribution in [3.63, 3.8) is 0 Å². The summed E-state index contributed by atoms with van der Waals surface area (Å²) in [6.45, 7) is 3.51. The molecular formula is C11H10N2O3. The fourth-order valence-electron chi connectivity index (χ4n) is 1.45. The van der Waals surface area contributed by atoms with Gasteiger partial charge in [0.2, 0.25) is 11.7 Å². The molecule has 0 spiro atoms. The van der Waals surface area contributed by atoms with Crippen LogP contribution in [0.3, 0.4) is 0 Å². The van der Waals surface area contributed by atoms with E-state index in [2.05, 4.69) is 10.1 Å². The predicted octanol–water partition coefficient (Wildman–Crippen LogP) is 2.05. The Morgan fingerprint density at radius 3 is 2.62 bits per heavy atom. The molecule has 0 bridgehead atoms. The van der Waals surface area contributed by atoms with Gasteiger partial charge in [-0.05, 0) is 30.7 Å². The Hall–Kier alpha value is -2.17. The Kier molecular flexibility index (Phi) is 2.44. The highest BCUT2D eigenvalue weighted by atomic mass is 16.5. The molecule has 0 unspecified atom stereocenters. The number of carboxylic acids is 1. The van der Waals surface area contributed by atoms with Gasteiger partial charge in [0, 0.05) is 12.5 Å². The third kappa shape index (κ3) is 1.93. The van der Waals surface area contributed by atoms with Crippen molar-refractivity contribution in [3.8, 4) is 11.4 Å². The molecule has 0 radical (unpaired) electrons. The van der Waals surface area contributed by atoms with Crippen LogP contribution in [-0.2, 0) is 0 Å². The maximum Gasteiger partial charge on any atom is 0.335 e. The first-order chi connectivity index (χ1) is 7.56. The van der Waals surface area contributed by atoms with E-state index in [0.717, 1.165) is 5.56 Å². The van der Waals surface area contributed by atoms with E-state index in [4.69, 9.17) is 9.63 Å². The SMILES string of the molecule is Cc1cc(C(=O)O)cc(-c2noc(C)n2)c1. The molecule has 0 amide bonds. The molecule has 5 heteroatoms. The summed E-state index contributed by atoms with van der Waals surface area (Å²) in [4.78, 5) is 14.9. The van der Waals surface area contributed by atoms with Crippen LogP contribution in [-0.4, -0.2) is 21.2 Å². The van der Waals surface area contributed by atoms with Crippen LogP contribution in [0.2, 0.25) is 0 Å². The zero-order valence-corrected chi connectivity index (χ0v) is 8.89.